The minimum atomic E-state index is -0.0996. The van der Waals surface area contributed by atoms with Gasteiger partial charge in [-0.25, -0.2) is 9.89 Å². The molecule has 74 valence electrons. The Hall–Kier alpha value is -1.06. The van der Waals surface area contributed by atoms with E-state index < -0.39 is 0 Å². The fourth-order valence-corrected chi connectivity index (χ4v) is 1.31. The molecular weight excluding hydrogens is 166 g/mol. The summed E-state index contributed by atoms with van der Waals surface area (Å²) in [7, 11) is 0. The summed E-state index contributed by atoms with van der Waals surface area (Å²) < 4.78 is 1.72. The van der Waals surface area contributed by atoms with Crippen LogP contribution in [0.4, 0.5) is 0 Å². The molecule has 0 aliphatic rings. The van der Waals surface area contributed by atoms with E-state index in [-0.39, 0.29) is 11.6 Å². The van der Waals surface area contributed by atoms with Gasteiger partial charge in [0.1, 0.15) is 5.82 Å². The van der Waals surface area contributed by atoms with Gasteiger partial charge >= 0.3 is 5.69 Å². The van der Waals surface area contributed by atoms with E-state index in [1.54, 1.807) is 4.57 Å². The fraction of sp³-hybridized carbons (Fsp3) is 0.778. The molecule has 0 radical (unpaired) electrons. The summed E-state index contributed by atoms with van der Waals surface area (Å²) in [4.78, 5) is 11.3. The van der Waals surface area contributed by atoms with Crippen molar-refractivity contribution >= 4 is 0 Å². The third-order valence-corrected chi connectivity index (χ3v) is 1.85. The molecule has 0 amide bonds. The van der Waals surface area contributed by atoms with Crippen LogP contribution in [-0.2, 0) is 6.54 Å². The highest BCUT2D eigenvalue weighted by Crippen LogP contribution is 2.09. The third-order valence-electron chi connectivity index (χ3n) is 1.85. The summed E-state index contributed by atoms with van der Waals surface area (Å²) in [6.45, 7) is 8.98. The number of aromatic amines is 1. The minimum Gasteiger partial charge on any atom is -0.279 e. The van der Waals surface area contributed by atoms with E-state index >= 15 is 0 Å². The van der Waals surface area contributed by atoms with Crippen LogP contribution in [0, 0.1) is 5.92 Å². The van der Waals surface area contributed by atoms with Gasteiger partial charge in [0.25, 0.3) is 0 Å². The van der Waals surface area contributed by atoms with Crippen LogP contribution in [0.3, 0.4) is 0 Å². The summed E-state index contributed by atoms with van der Waals surface area (Å²) in [6.07, 6.45) is 0. The van der Waals surface area contributed by atoms with Crippen LogP contribution in [0.25, 0.3) is 0 Å². The lowest BCUT2D eigenvalue weighted by atomic mass is 10.2. The van der Waals surface area contributed by atoms with Gasteiger partial charge in [-0.15, -0.1) is 0 Å². The van der Waals surface area contributed by atoms with Gasteiger partial charge in [-0.1, -0.05) is 27.7 Å². The Morgan fingerprint density at radius 2 is 2.00 bits per heavy atom. The Bertz CT molecular complexity index is 322. The number of hydrogen-bond donors (Lipinski definition) is 1. The van der Waals surface area contributed by atoms with Crippen molar-refractivity contribution in [1.29, 1.82) is 0 Å². The molecule has 4 heteroatoms. The summed E-state index contributed by atoms with van der Waals surface area (Å²) in [5.41, 5.74) is -0.0996. The first-order chi connectivity index (χ1) is 6.02. The molecule has 1 heterocycles. The zero-order chi connectivity index (χ0) is 10.0. The van der Waals surface area contributed by atoms with Crippen molar-refractivity contribution in [3.63, 3.8) is 0 Å². The fourth-order valence-electron chi connectivity index (χ4n) is 1.31. The van der Waals surface area contributed by atoms with E-state index in [1.807, 2.05) is 13.8 Å². The SMILES string of the molecule is CC(C)Cn1c(C(C)C)n[nH]c1=O. The Balaban J connectivity index is 3.02. The normalized spacial score (nSPS) is 11.5. The van der Waals surface area contributed by atoms with Gasteiger partial charge in [0.05, 0.1) is 0 Å². The lowest BCUT2D eigenvalue weighted by Gasteiger charge is -2.09. The Morgan fingerprint density at radius 1 is 1.38 bits per heavy atom. The van der Waals surface area contributed by atoms with Crippen LogP contribution in [0.2, 0.25) is 0 Å². The van der Waals surface area contributed by atoms with Crippen molar-refractivity contribution in [3.8, 4) is 0 Å². The van der Waals surface area contributed by atoms with E-state index in [2.05, 4.69) is 24.0 Å². The van der Waals surface area contributed by atoms with Crippen molar-refractivity contribution in [2.24, 2.45) is 5.92 Å². The van der Waals surface area contributed by atoms with Gasteiger partial charge in [0.2, 0.25) is 0 Å². The predicted octanol–water partition coefficient (Wildman–Crippen LogP) is 1.35. The van der Waals surface area contributed by atoms with Crippen molar-refractivity contribution in [3.05, 3.63) is 16.3 Å². The molecule has 0 fully saturated rings. The molecule has 4 nitrogen and oxygen atoms in total. The second kappa shape index (κ2) is 3.77. The molecule has 0 spiro atoms. The summed E-state index contributed by atoms with van der Waals surface area (Å²) >= 11 is 0. The molecule has 1 aromatic heterocycles. The zero-order valence-electron chi connectivity index (χ0n) is 8.66. The van der Waals surface area contributed by atoms with Crippen LogP contribution in [0.5, 0.6) is 0 Å². The molecule has 1 rings (SSSR count). The lowest BCUT2D eigenvalue weighted by molar-refractivity contribution is 0.488. The Kier molecular flexibility index (Phi) is 2.90. The van der Waals surface area contributed by atoms with Gasteiger partial charge < -0.3 is 0 Å². The minimum absolute atomic E-state index is 0.0996. The summed E-state index contributed by atoms with van der Waals surface area (Å²) in [5.74, 6) is 1.60. The maximum absolute atomic E-state index is 11.3. The first kappa shape index (κ1) is 10.0. The van der Waals surface area contributed by atoms with Crippen LogP contribution in [0.15, 0.2) is 4.79 Å². The smallest absolute Gasteiger partial charge is 0.279 e. The summed E-state index contributed by atoms with van der Waals surface area (Å²) in [6, 6.07) is 0. The maximum Gasteiger partial charge on any atom is 0.343 e. The molecule has 0 bridgehead atoms. The van der Waals surface area contributed by atoms with E-state index in [0.717, 1.165) is 12.4 Å². The van der Waals surface area contributed by atoms with Crippen LogP contribution < -0.4 is 5.69 Å². The first-order valence-electron chi connectivity index (χ1n) is 4.67. The largest absolute Gasteiger partial charge is 0.343 e. The number of aromatic nitrogens is 3. The molecule has 0 atom stereocenters. The first-order valence-corrected chi connectivity index (χ1v) is 4.67. The highest BCUT2D eigenvalue weighted by Gasteiger charge is 2.11. The molecule has 0 saturated heterocycles. The number of H-pyrrole nitrogens is 1. The quantitative estimate of drug-likeness (QED) is 0.769. The maximum atomic E-state index is 11.3. The topological polar surface area (TPSA) is 50.7 Å². The Morgan fingerprint density at radius 3 is 2.46 bits per heavy atom. The molecular formula is C9H17N3O. The van der Waals surface area contributed by atoms with Crippen molar-refractivity contribution in [1.82, 2.24) is 14.8 Å². The van der Waals surface area contributed by atoms with Crippen LogP contribution >= 0.6 is 0 Å². The molecule has 0 aromatic carbocycles. The molecule has 1 N–H and O–H groups in total. The second-order valence-electron chi connectivity index (χ2n) is 4.05. The highest BCUT2D eigenvalue weighted by atomic mass is 16.1. The molecule has 0 saturated carbocycles. The van der Waals surface area contributed by atoms with Gasteiger partial charge in [0, 0.05) is 12.5 Å². The van der Waals surface area contributed by atoms with Crippen LogP contribution in [0.1, 0.15) is 39.4 Å². The van der Waals surface area contributed by atoms with Crippen molar-refractivity contribution < 1.29 is 0 Å². The number of nitrogens with one attached hydrogen (secondary N) is 1. The molecule has 0 aliphatic heterocycles. The van der Waals surface area contributed by atoms with Gasteiger partial charge in [-0.05, 0) is 5.92 Å². The summed E-state index contributed by atoms with van der Waals surface area (Å²) in [5, 5.41) is 6.48. The lowest BCUT2D eigenvalue weighted by Crippen LogP contribution is -2.22. The standard InChI is InChI=1S/C9H17N3O/c1-6(2)5-12-8(7(3)4)10-11-9(12)13/h6-7H,5H2,1-4H3,(H,11,13). The van der Waals surface area contributed by atoms with E-state index in [9.17, 15) is 4.79 Å². The average Bonchev–Trinajstić information content (AvgIpc) is 2.32. The van der Waals surface area contributed by atoms with Crippen molar-refractivity contribution in [2.45, 2.75) is 40.2 Å². The van der Waals surface area contributed by atoms with E-state index in [0.29, 0.717) is 5.92 Å². The average molecular weight is 183 g/mol. The van der Waals surface area contributed by atoms with Gasteiger partial charge in [-0.3, -0.25) is 4.57 Å². The molecule has 0 aliphatic carbocycles. The van der Waals surface area contributed by atoms with E-state index in [1.165, 1.54) is 0 Å². The second-order valence-corrected chi connectivity index (χ2v) is 4.05. The van der Waals surface area contributed by atoms with Gasteiger partial charge in [-0.2, -0.15) is 5.10 Å². The monoisotopic (exact) mass is 183 g/mol. The zero-order valence-corrected chi connectivity index (χ0v) is 8.66. The molecule has 13 heavy (non-hydrogen) atoms. The van der Waals surface area contributed by atoms with Crippen LogP contribution in [-0.4, -0.2) is 14.8 Å². The Labute approximate surface area is 78.0 Å². The van der Waals surface area contributed by atoms with Gasteiger partial charge in [0.15, 0.2) is 0 Å². The van der Waals surface area contributed by atoms with E-state index in [4.69, 9.17) is 0 Å². The molecule has 1 aromatic rings. The predicted molar refractivity (Wildman–Crippen MR) is 51.8 cm³/mol. The third kappa shape index (κ3) is 2.20. The number of rotatable bonds is 3. The molecule has 0 unspecified atom stereocenters. The number of nitrogens with zero attached hydrogens (tertiary/aromatic N) is 2. The number of hydrogen-bond acceptors (Lipinski definition) is 2. The van der Waals surface area contributed by atoms with Crippen molar-refractivity contribution in [2.75, 3.05) is 0 Å². The highest BCUT2D eigenvalue weighted by molar-refractivity contribution is 4.92.